The molecule has 0 saturated carbocycles. The lowest BCUT2D eigenvalue weighted by Gasteiger charge is -2.04. The van der Waals surface area contributed by atoms with E-state index in [4.69, 9.17) is 9.52 Å². The third-order valence-electron chi connectivity index (χ3n) is 1.90. The number of hydrogen-bond acceptors (Lipinski definition) is 3. The second-order valence-corrected chi connectivity index (χ2v) is 3.46. The smallest absolute Gasteiger partial charge is 0.306 e. The van der Waals surface area contributed by atoms with Gasteiger partial charge in [-0.3, -0.25) is 4.79 Å². The van der Waals surface area contributed by atoms with Gasteiger partial charge >= 0.3 is 5.97 Å². The predicted molar refractivity (Wildman–Crippen MR) is 46.6 cm³/mol. The molecule has 1 unspecified atom stereocenters. The summed E-state index contributed by atoms with van der Waals surface area (Å²) < 4.78 is 30.2. The molecule has 0 aliphatic rings. The molecule has 0 aromatic carbocycles. The molecule has 1 rings (SSSR count). The highest BCUT2D eigenvalue weighted by Crippen LogP contribution is 2.26. The molecule has 1 aromatic rings. The summed E-state index contributed by atoms with van der Waals surface area (Å²) in [5.41, 5.74) is -0.477. The molecule has 6 heteroatoms. The van der Waals surface area contributed by atoms with E-state index in [1.807, 2.05) is 0 Å². The molecule has 1 aromatic heterocycles. The van der Waals surface area contributed by atoms with E-state index in [9.17, 15) is 13.6 Å². The summed E-state index contributed by atoms with van der Waals surface area (Å²) >= 11 is 0. The van der Waals surface area contributed by atoms with Crippen LogP contribution >= 0.6 is 0 Å². The van der Waals surface area contributed by atoms with Crippen molar-refractivity contribution in [3.8, 4) is 0 Å². The van der Waals surface area contributed by atoms with Crippen LogP contribution in [0.2, 0.25) is 0 Å². The van der Waals surface area contributed by atoms with Crippen LogP contribution in [0.15, 0.2) is 10.7 Å². The van der Waals surface area contributed by atoms with Crippen molar-refractivity contribution in [3.05, 3.63) is 17.8 Å². The van der Waals surface area contributed by atoms with Crippen LogP contribution in [0.3, 0.4) is 0 Å². The highest BCUT2D eigenvalue weighted by molar-refractivity contribution is 5.69. The lowest BCUT2D eigenvalue weighted by molar-refractivity contribution is -0.141. The quantitative estimate of drug-likeness (QED) is 0.841. The van der Waals surface area contributed by atoms with Crippen LogP contribution in [0.5, 0.6) is 0 Å². The summed E-state index contributed by atoms with van der Waals surface area (Å²) in [6.07, 6.45) is 0.856. The summed E-state index contributed by atoms with van der Waals surface area (Å²) in [6, 6.07) is 0. The van der Waals surface area contributed by atoms with Gasteiger partial charge in [-0.2, -0.15) is 8.78 Å². The number of alkyl halides is 2. The van der Waals surface area contributed by atoms with Crippen LogP contribution in [-0.2, 0) is 17.1 Å². The van der Waals surface area contributed by atoms with Gasteiger partial charge in [0.05, 0.1) is 5.92 Å². The van der Waals surface area contributed by atoms with Gasteiger partial charge in [-0.05, 0) is 0 Å². The summed E-state index contributed by atoms with van der Waals surface area (Å²) in [5, 5.41) is 8.59. The summed E-state index contributed by atoms with van der Waals surface area (Å²) in [4.78, 5) is 14.0. The minimum atomic E-state index is -3.06. The van der Waals surface area contributed by atoms with E-state index in [1.165, 1.54) is 6.92 Å². The lowest BCUT2D eigenvalue weighted by atomic mass is 10.1. The molecule has 0 fully saturated rings. The first kappa shape index (κ1) is 11.6. The second kappa shape index (κ2) is 3.96. The van der Waals surface area contributed by atoms with Crippen molar-refractivity contribution in [1.82, 2.24) is 4.98 Å². The van der Waals surface area contributed by atoms with E-state index in [1.54, 1.807) is 0 Å². The van der Waals surface area contributed by atoms with E-state index in [2.05, 4.69) is 4.98 Å². The van der Waals surface area contributed by atoms with Crippen molar-refractivity contribution < 1.29 is 23.1 Å². The molecule has 0 bridgehead atoms. The predicted octanol–water partition coefficient (Wildman–Crippen LogP) is 2.05. The molecule has 0 spiro atoms. The lowest BCUT2D eigenvalue weighted by Crippen LogP contribution is -2.13. The van der Waals surface area contributed by atoms with Crippen molar-refractivity contribution in [2.45, 2.75) is 26.2 Å². The van der Waals surface area contributed by atoms with Crippen molar-refractivity contribution >= 4 is 5.97 Å². The van der Waals surface area contributed by atoms with E-state index in [-0.39, 0.29) is 12.3 Å². The molecule has 84 valence electrons. The van der Waals surface area contributed by atoms with Gasteiger partial charge in [0, 0.05) is 13.3 Å². The number of oxazole rings is 1. The maximum Gasteiger partial charge on any atom is 0.306 e. The van der Waals surface area contributed by atoms with Crippen molar-refractivity contribution in [2.75, 3.05) is 0 Å². The van der Waals surface area contributed by atoms with E-state index < -0.39 is 23.5 Å². The highest BCUT2D eigenvalue weighted by atomic mass is 19.3. The monoisotopic (exact) mass is 219 g/mol. The fourth-order valence-corrected chi connectivity index (χ4v) is 0.956. The number of rotatable bonds is 4. The fraction of sp³-hybridized carbons (Fsp3) is 0.556. The van der Waals surface area contributed by atoms with Gasteiger partial charge in [0.2, 0.25) is 0 Å². The molecule has 4 nitrogen and oxygen atoms in total. The Bertz CT molecular complexity index is 356. The Labute approximate surface area is 84.9 Å². The Morgan fingerprint density at radius 2 is 2.33 bits per heavy atom. The van der Waals surface area contributed by atoms with Gasteiger partial charge in [-0.25, -0.2) is 4.98 Å². The topological polar surface area (TPSA) is 63.3 Å². The SMILES string of the molecule is CC(Cc1nc(C(C)(F)F)co1)C(=O)O. The molecule has 15 heavy (non-hydrogen) atoms. The molecule has 0 aliphatic heterocycles. The first-order valence-corrected chi connectivity index (χ1v) is 4.36. The molecular weight excluding hydrogens is 208 g/mol. The zero-order chi connectivity index (χ0) is 11.6. The summed E-state index contributed by atoms with van der Waals surface area (Å²) in [6.45, 7) is 2.16. The molecule has 0 amide bonds. The van der Waals surface area contributed by atoms with Crippen LogP contribution in [0, 0.1) is 5.92 Å². The normalized spacial score (nSPS) is 13.9. The standard InChI is InChI=1S/C9H11F2NO3/c1-5(8(13)14)3-7-12-6(4-15-7)9(2,10)11/h4-5H,3H2,1-2H3,(H,13,14). The number of halogens is 2. The third kappa shape index (κ3) is 3.00. The summed E-state index contributed by atoms with van der Waals surface area (Å²) in [7, 11) is 0. The van der Waals surface area contributed by atoms with Gasteiger partial charge in [0.25, 0.3) is 5.92 Å². The van der Waals surface area contributed by atoms with Crippen LogP contribution in [-0.4, -0.2) is 16.1 Å². The number of carboxylic acid groups (broad SMARTS) is 1. The maximum absolute atomic E-state index is 12.7. The average Bonchev–Trinajstić information content (AvgIpc) is 2.51. The molecule has 1 N–H and O–H groups in total. The number of aromatic nitrogens is 1. The highest BCUT2D eigenvalue weighted by Gasteiger charge is 2.29. The van der Waals surface area contributed by atoms with E-state index in [0.29, 0.717) is 6.92 Å². The van der Waals surface area contributed by atoms with Gasteiger partial charge in [-0.1, -0.05) is 6.92 Å². The van der Waals surface area contributed by atoms with Gasteiger partial charge < -0.3 is 9.52 Å². The van der Waals surface area contributed by atoms with Gasteiger partial charge in [0.1, 0.15) is 12.0 Å². The Kier molecular flexibility index (Phi) is 3.06. The van der Waals surface area contributed by atoms with Crippen molar-refractivity contribution in [2.24, 2.45) is 5.92 Å². The number of hydrogen-bond donors (Lipinski definition) is 1. The van der Waals surface area contributed by atoms with E-state index >= 15 is 0 Å². The van der Waals surface area contributed by atoms with Crippen molar-refractivity contribution in [3.63, 3.8) is 0 Å². The number of carbonyl (C=O) groups is 1. The Morgan fingerprint density at radius 1 is 1.73 bits per heavy atom. The third-order valence-corrected chi connectivity index (χ3v) is 1.90. The fourth-order valence-electron chi connectivity index (χ4n) is 0.956. The molecule has 0 aliphatic carbocycles. The minimum absolute atomic E-state index is 0.00537. The van der Waals surface area contributed by atoms with Crippen molar-refractivity contribution in [1.29, 1.82) is 0 Å². The van der Waals surface area contributed by atoms with Crippen LogP contribution in [0.4, 0.5) is 8.78 Å². The zero-order valence-electron chi connectivity index (χ0n) is 8.33. The Hall–Kier alpha value is -1.46. The molecule has 1 atom stereocenters. The Balaban J connectivity index is 2.73. The summed E-state index contributed by atoms with van der Waals surface area (Å²) in [5.74, 6) is -4.77. The molecule has 0 radical (unpaired) electrons. The zero-order valence-corrected chi connectivity index (χ0v) is 8.33. The van der Waals surface area contributed by atoms with Gasteiger partial charge in [-0.15, -0.1) is 0 Å². The Morgan fingerprint density at radius 3 is 2.73 bits per heavy atom. The number of aliphatic carboxylic acids is 1. The second-order valence-electron chi connectivity index (χ2n) is 3.46. The van der Waals surface area contributed by atoms with E-state index in [0.717, 1.165) is 6.26 Å². The molecule has 1 heterocycles. The van der Waals surface area contributed by atoms with Crippen LogP contribution < -0.4 is 0 Å². The maximum atomic E-state index is 12.7. The average molecular weight is 219 g/mol. The largest absolute Gasteiger partial charge is 0.481 e. The molecular formula is C9H11F2NO3. The van der Waals surface area contributed by atoms with Crippen LogP contribution in [0.1, 0.15) is 25.4 Å². The first-order valence-electron chi connectivity index (χ1n) is 4.36. The number of carboxylic acids is 1. The first-order chi connectivity index (χ1) is 6.80. The van der Waals surface area contributed by atoms with Gasteiger partial charge in [0.15, 0.2) is 5.89 Å². The minimum Gasteiger partial charge on any atom is -0.481 e. The number of nitrogens with zero attached hydrogens (tertiary/aromatic N) is 1. The van der Waals surface area contributed by atoms with Crippen LogP contribution in [0.25, 0.3) is 0 Å². The molecule has 0 saturated heterocycles.